The Balaban J connectivity index is 2.27. The van der Waals surface area contributed by atoms with Crippen molar-refractivity contribution in [3.05, 3.63) is 47.5 Å². The van der Waals surface area contributed by atoms with Crippen LogP contribution in [0.3, 0.4) is 0 Å². The molecule has 2 rings (SSSR count). The second kappa shape index (κ2) is 5.60. The maximum atomic E-state index is 5.82. The van der Waals surface area contributed by atoms with Gasteiger partial charge in [-0.05, 0) is 37.1 Å². The van der Waals surface area contributed by atoms with Crippen LogP contribution in [0, 0.1) is 6.92 Å². The summed E-state index contributed by atoms with van der Waals surface area (Å²) >= 11 is 0. The van der Waals surface area contributed by atoms with Crippen LogP contribution in [0.15, 0.2) is 30.6 Å². The number of hydrogen-bond donors (Lipinski definition) is 1. The molecule has 0 atom stereocenters. The molecule has 0 saturated heterocycles. The normalized spacial score (nSPS) is 10.4. The van der Waals surface area contributed by atoms with E-state index in [1.165, 1.54) is 0 Å². The summed E-state index contributed by atoms with van der Waals surface area (Å²) in [6, 6.07) is 5.78. The first-order valence-corrected chi connectivity index (χ1v) is 6.01. The van der Waals surface area contributed by atoms with Gasteiger partial charge in [-0.25, -0.2) is 0 Å². The van der Waals surface area contributed by atoms with Gasteiger partial charge in [0, 0.05) is 18.4 Å². The number of aryl methyl sites for hydroxylation is 2. The predicted octanol–water partition coefficient (Wildman–Crippen LogP) is 2.60. The number of nitrogens with zero attached hydrogens (tertiary/aromatic N) is 2. The van der Waals surface area contributed by atoms with Crippen LogP contribution < -0.4 is 10.5 Å². The topological polar surface area (TPSA) is 61.0 Å². The maximum absolute atomic E-state index is 5.82. The average molecular weight is 243 g/mol. The van der Waals surface area contributed by atoms with Crippen molar-refractivity contribution in [2.45, 2.75) is 26.8 Å². The molecule has 0 aliphatic heterocycles. The standard InChI is InChI=1S/C14H17N3O/c1-3-13-14(5-4-10(2)17-13)18-12-6-11(7-15)8-16-9-12/h4-6,8-9H,3,7,15H2,1-2H3. The highest BCUT2D eigenvalue weighted by Gasteiger charge is 2.06. The molecule has 2 heterocycles. The van der Waals surface area contributed by atoms with E-state index in [4.69, 9.17) is 10.5 Å². The van der Waals surface area contributed by atoms with Crippen molar-refractivity contribution >= 4 is 0 Å². The highest BCUT2D eigenvalue weighted by atomic mass is 16.5. The minimum atomic E-state index is 0.455. The van der Waals surface area contributed by atoms with Crippen molar-refractivity contribution in [2.75, 3.05) is 0 Å². The van der Waals surface area contributed by atoms with E-state index in [9.17, 15) is 0 Å². The number of rotatable bonds is 4. The molecule has 4 nitrogen and oxygen atoms in total. The maximum Gasteiger partial charge on any atom is 0.148 e. The monoisotopic (exact) mass is 243 g/mol. The predicted molar refractivity (Wildman–Crippen MR) is 70.6 cm³/mol. The Morgan fingerprint density at radius 3 is 2.83 bits per heavy atom. The molecule has 94 valence electrons. The summed E-state index contributed by atoms with van der Waals surface area (Å²) in [7, 11) is 0. The molecule has 0 fully saturated rings. The van der Waals surface area contributed by atoms with Gasteiger partial charge in [-0.2, -0.15) is 0 Å². The van der Waals surface area contributed by atoms with Crippen LogP contribution in [-0.2, 0) is 13.0 Å². The summed E-state index contributed by atoms with van der Waals surface area (Å²) in [6.07, 6.45) is 4.25. The largest absolute Gasteiger partial charge is 0.454 e. The van der Waals surface area contributed by atoms with Gasteiger partial charge in [-0.1, -0.05) is 6.92 Å². The van der Waals surface area contributed by atoms with Crippen LogP contribution in [0.4, 0.5) is 0 Å². The zero-order valence-electron chi connectivity index (χ0n) is 10.7. The fraction of sp³-hybridized carbons (Fsp3) is 0.286. The SMILES string of the molecule is CCc1nc(C)ccc1Oc1cncc(CN)c1. The van der Waals surface area contributed by atoms with Gasteiger partial charge in [0.1, 0.15) is 11.5 Å². The Bertz CT molecular complexity index is 540. The van der Waals surface area contributed by atoms with Crippen molar-refractivity contribution < 1.29 is 4.74 Å². The van der Waals surface area contributed by atoms with E-state index in [-0.39, 0.29) is 0 Å². The molecule has 0 aliphatic rings. The Labute approximate surface area is 107 Å². The Kier molecular flexibility index (Phi) is 3.89. The van der Waals surface area contributed by atoms with E-state index >= 15 is 0 Å². The van der Waals surface area contributed by atoms with Gasteiger partial charge < -0.3 is 10.5 Å². The molecule has 2 aromatic rings. The molecule has 0 unspecified atom stereocenters. The number of nitrogens with two attached hydrogens (primary N) is 1. The van der Waals surface area contributed by atoms with Crippen molar-refractivity contribution in [3.63, 3.8) is 0 Å². The molecular formula is C14H17N3O. The lowest BCUT2D eigenvalue weighted by Crippen LogP contribution is -1.99. The zero-order chi connectivity index (χ0) is 13.0. The quantitative estimate of drug-likeness (QED) is 0.896. The fourth-order valence-electron chi connectivity index (χ4n) is 1.70. The Morgan fingerprint density at radius 2 is 2.11 bits per heavy atom. The lowest BCUT2D eigenvalue weighted by atomic mass is 10.2. The molecule has 0 spiro atoms. The molecule has 4 heteroatoms. The van der Waals surface area contributed by atoms with E-state index in [2.05, 4.69) is 16.9 Å². The Morgan fingerprint density at radius 1 is 1.28 bits per heavy atom. The fourth-order valence-corrected chi connectivity index (χ4v) is 1.70. The molecule has 0 radical (unpaired) electrons. The third kappa shape index (κ3) is 2.84. The number of aromatic nitrogens is 2. The Hall–Kier alpha value is -1.94. The van der Waals surface area contributed by atoms with Crippen molar-refractivity contribution in [1.29, 1.82) is 0 Å². The first kappa shape index (κ1) is 12.5. The van der Waals surface area contributed by atoms with Crippen molar-refractivity contribution in [2.24, 2.45) is 5.73 Å². The molecule has 18 heavy (non-hydrogen) atoms. The zero-order valence-corrected chi connectivity index (χ0v) is 10.7. The highest BCUT2D eigenvalue weighted by molar-refractivity contribution is 5.35. The minimum Gasteiger partial charge on any atom is -0.454 e. The summed E-state index contributed by atoms with van der Waals surface area (Å²) < 4.78 is 5.82. The van der Waals surface area contributed by atoms with Gasteiger partial charge >= 0.3 is 0 Å². The van der Waals surface area contributed by atoms with E-state index in [0.29, 0.717) is 12.3 Å². The van der Waals surface area contributed by atoms with Gasteiger partial charge in [0.15, 0.2) is 0 Å². The summed E-state index contributed by atoms with van der Waals surface area (Å²) in [5.41, 5.74) is 8.48. The van der Waals surface area contributed by atoms with Crippen LogP contribution in [0.25, 0.3) is 0 Å². The molecule has 2 N–H and O–H groups in total. The minimum absolute atomic E-state index is 0.455. The van der Waals surface area contributed by atoms with E-state index in [0.717, 1.165) is 29.1 Å². The second-order valence-electron chi connectivity index (χ2n) is 4.09. The third-order valence-electron chi connectivity index (χ3n) is 2.64. The van der Waals surface area contributed by atoms with Gasteiger partial charge in [-0.15, -0.1) is 0 Å². The molecule has 0 saturated carbocycles. The first-order valence-electron chi connectivity index (χ1n) is 6.01. The van der Waals surface area contributed by atoms with Crippen LogP contribution >= 0.6 is 0 Å². The summed E-state index contributed by atoms with van der Waals surface area (Å²) in [5, 5.41) is 0. The summed E-state index contributed by atoms with van der Waals surface area (Å²) in [4.78, 5) is 8.56. The van der Waals surface area contributed by atoms with Gasteiger partial charge in [0.25, 0.3) is 0 Å². The van der Waals surface area contributed by atoms with Crippen molar-refractivity contribution in [3.8, 4) is 11.5 Å². The first-order chi connectivity index (χ1) is 8.72. The number of pyridine rings is 2. The molecule has 2 aromatic heterocycles. The van der Waals surface area contributed by atoms with Crippen molar-refractivity contribution in [1.82, 2.24) is 9.97 Å². The molecule has 0 aromatic carbocycles. The number of ether oxygens (including phenoxy) is 1. The number of hydrogen-bond acceptors (Lipinski definition) is 4. The van der Waals surface area contributed by atoms with E-state index in [1.807, 2.05) is 25.1 Å². The summed E-state index contributed by atoms with van der Waals surface area (Å²) in [5.74, 6) is 1.47. The lowest BCUT2D eigenvalue weighted by Gasteiger charge is -2.10. The van der Waals surface area contributed by atoms with E-state index in [1.54, 1.807) is 12.4 Å². The molecule has 0 amide bonds. The molecular weight excluding hydrogens is 226 g/mol. The average Bonchev–Trinajstić information content (AvgIpc) is 2.41. The van der Waals surface area contributed by atoms with Crippen LogP contribution in [-0.4, -0.2) is 9.97 Å². The second-order valence-corrected chi connectivity index (χ2v) is 4.09. The highest BCUT2D eigenvalue weighted by Crippen LogP contribution is 2.24. The third-order valence-corrected chi connectivity index (χ3v) is 2.64. The van der Waals surface area contributed by atoms with Gasteiger partial charge in [0.05, 0.1) is 11.9 Å². The van der Waals surface area contributed by atoms with Gasteiger partial charge in [0.2, 0.25) is 0 Å². The van der Waals surface area contributed by atoms with E-state index < -0.39 is 0 Å². The summed E-state index contributed by atoms with van der Waals surface area (Å²) in [6.45, 7) is 4.49. The molecule has 0 bridgehead atoms. The van der Waals surface area contributed by atoms with Crippen LogP contribution in [0.2, 0.25) is 0 Å². The van der Waals surface area contributed by atoms with Crippen LogP contribution in [0.1, 0.15) is 23.9 Å². The van der Waals surface area contributed by atoms with Crippen LogP contribution in [0.5, 0.6) is 11.5 Å². The lowest BCUT2D eigenvalue weighted by molar-refractivity contribution is 0.469. The molecule has 0 aliphatic carbocycles. The smallest absolute Gasteiger partial charge is 0.148 e. The van der Waals surface area contributed by atoms with Gasteiger partial charge in [-0.3, -0.25) is 9.97 Å².